The van der Waals surface area contributed by atoms with Gasteiger partial charge in [-0.3, -0.25) is 4.79 Å². The summed E-state index contributed by atoms with van der Waals surface area (Å²) in [5, 5.41) is 0. The first-order valence-corrected chi connectivity index (χ1v) is 5.38. The number of rotatable bonds is 5. The quantitative estimate of drug-likeness (QED) is 0.739. The fourth-order valence-corrected chi connectivity index (χ4v) is 1.21. The van der Waals surface area contributed by atoms with E-state index in [1.807, 2.05) is 31.2 Å². The molecule has 1 aromatic carbocycles. The van der Waals surface area contributed by atoms with Gasteiger partial charge in [0.2, 0.25) is 0 Å². The van der Waals surface area contributed by atoms with Crippen molar-refractivity contribution in [3.63, 3.8) is 0 Å². The average molecular weight is 206 g/mol. The summed E-state index contributed by atoms with van der Waals surface area (Å²) in [4.78, 5) is 11.0. The number of carbonyl (C=O) groups is 1. The van der Waals surface area contributed by atoms with E-state index in [9.17, 15) is 4.79 Å². The van der Waals surface area contributed by atoms with Crippen molar-refractivity contribution in [2.75, 3.05) is 6.61 Å². The Morgan fingerprint density at radius 1 is 1.27 bits per heavy atom. The summed E-state index contributed by atoms with van der Waals surface area (Å²) in [6.07, 6.45) is 0.532. The molecule has 0 heterocycles. The van der Waals surface area contributed by atoms with Crippen molar-refractivity contribution in [2.45, 2.75) is 33.1 Å². The predicted octanol–water partition coefficient (Wildman–Crippen LogP) is 3.17. The first-order chi connectivity index (χ1) is 7.13. The maximum atomic E-state index is 11.0. The Hall–Kier alpha value is -1.31. The molecule has 1 rings (SSSR count). The molecule has 0 spiro atoms. The van der Waals surface area contributed by atoms with Crippen LogP contribution in [0.25, 0.3) is 0 Å². The van der Waals surface area contributed by atoms with Gasteiger partial charge in [0.05, 0.1) is 0 Å². The maximum absolute atomic E-state index is 11.0. The molecular formula is C13H18O2. The third kappa shape index (κ3) is 3.74. The fourth-order valence-electron chi connectivity index (χ4n) is 1.21. The van der Waals surface area contributed by atoms with E-state index in [2.05, 4.69) is 13.8 Å². The Balaban J connectivity index is 2.53. The van der Waals surface area contributed by atoms with Gasteiger partial charge in [-0.1, -0.05) is 32.9 Å². The molecule has 0 unspecified atom stereocenters. The first kappa shape index (κ1) is 11.8. The monoisotopic (exact) mass is 206 g/mol. The molecule has 15 heavy (non-hydrogen) atoms. The third-order valence-electron chi connectivity index (χ3n) is 2.34. The molecule has 0 atom stereocenters. The molecule has 0 radical (unpaired) electrons. The number of Topliss-reactive ketones (excluding diaryl/α,β-unsaturated/α-hetero) is 1. The molecule has 0 fully saturated rings. The minimum atomic E-state index is 0.128. The van der Waals surface area contributed by atoms with Crippen molar-refractivity contribution in [3.05, 3.63) is 29.8 Å². The molecule has 1 aromatic rings. The van der Waals surface area contributed by atoms with Gasteiger partial charge >= 0.3 is 0 Å². The normalized spacial score (nSPS) is 10.4. The van der Waals surface area contributed by atoms with Crippen LogP contribution in [0.1, 0.15) is 38.7 Å². The van der Waals surface area contributed by atoms with Gasteiger partial charge in [-0.15, -0.1) is 0 Å². The second kappa shape index (κ2) is 5.54. The van der Waals surface area contributed by atoms with Crippen LogP contribution in [0, 0.1) is 0 Å². The van der Waals surface area contributed by atoms with E-state index in [0.29, 0.717) is 12.3 Å². The summed E-state index contributed by atoms with van der Waals surface area (Å²) < 4.78 is 5.34. The fraction of sp³-hybridized carbons (Fsp3) is 0.462. The second-order valence-electron chi connectivity index (χ2n) is 3.90. The zero-order valence-electron chi connectivity index (χ0n) is 9.62. The minimum Gasteiger partial charge on any atom is -0.486 e. The van der Waals surface area contributed by atoms with Crippen LogP contribution in [0.2, 0.25) is 0 Å². The highest BCUT2D eigenvalue weighted by Gasteiger charge is 2.01. The van der Waals surface area contributed by atoms with Crippen molar-refractivity contribution in [3.8, 4) is 5.75 Å². The Kier molecular flexibility index (Phi) is 4.35. The molecule has 2 heteroatoms. The van der Waals surface area contributed by atoms with Crippen molar-refractivity contribution in [2.24, 2.45) is 0 Å². The Bertz CT molecular complexity index is 312. The summed E-state index contributed by atoms with van der Waals surface area (Å²) >= 11 is 0. The number of benzene rings is 1. The van der Waals surface area contributed by atoms with E-state index in [1.54, 1.807) is 0 Å². The zero-order chi connectivity index (χ0) is 11.3. The van der Waals surface area contributed by atoms with Crippen LogP contribution in [0.4, 0.5) is 0 Å². The van der Waals surface area contributed by atoms with E-state index < -0.39 is 0 Å². The van der Waals surface area contributed by atoms with Crippen molar-refractivity contribution >= 4 is 5.78 Å². The maximum Gasteiger partial charge on any atom is 0.169 e. The standard InChI is InChI=1S/C13H18O2/c1-4-12(14)9-15-13-7-5-11(6-8-13)10(2)3/h5-8,10H,4,9H2,1-3H3. The molecule has 0 saturated heterocycles. The van der Waals surface area contributed by atoms with Gasteiger partial charge in [0.1, 0.15) is 12.4 Å². The molecule has 0 amide bonds. The van der Waals surface area contributed by atoms with Gasteiger partial charge in [-0.25, -0.2) is 0 Å². The number of ether oxygens (including phenoxy) is 1. The smallest absolute Gasteiger partial charge is 0.169 e. The van der Waals surface area contributed by atoms with Crippen molar-refractivity contribution in [1.29, 1.82) is 0 Å². The van der Waals surface area contributed by atoms with Crippen molar-refractivity contribution in [1.82, 2.24) is 0 Å². The largest absolute Gasteiger partial charge is 0.486 e. The van der Waals surface area contributed by atoms with Crippen molar-refractivity contribution < 1.29 is 9.53 Å². The van der Waals surface area contributed by atoms with Crippen LogP contribution in [0.3, 0.4) is 0 Å². The predicted molar refractivity (Wildman–Crippen MR) is 61.3 cm³/mol. The second-order valence-corrected chi connectivity index (χ2v) is 3.90. The first-order valence-electron chi connectivity index (χ1n) is 5.38. The summed E-state index contributed by atoms with van der Waals surface area (Å²) in [7, 11) is 0. The van der Waals surface area contributed by atoms with Gasteiger partial charge in [0, 0.05) is 6.42 Å². The highest BCUT2D eigenvalue weighted by molar-refractivity contribution is 5.79. The Morgan fingerprint density at radius 2 is 1.87 bits per heavy atom. The lowest BCUT2D eigenvalue weighted by atomic mass is 10.0. The molecule has 0 aliphatic carbocycles. The third-order valence-corrected chi connectivity index (χ3v) is 2.34. The molecule has 0 N–H and O–H groups in total. The number of hydrogen-bond acceptors (Lipinski definition) is 2. The van der Waals surface area contributed by atoms with Crippen LogP contribution in [-0.2, 0) is 4.79 Å². The summed E-state index contributed by atoms with van der Waals surface area (Å²) in [5.41, 5.74) is 1.28. The molecule has 0 saturated carbocycles. The van der Waals surface area contributed by atoms with Gasteiger partial charge < -0.3 is 4.74 Å². The lowest BCUT2D eigenvalue weighted by molar-refractivity contribution is -0.120. The van der Waals surface area contributed by atoms with Gasteiger partial charge in [-0.05, 0) is 23.6 Å². The SMILES string of the molecule is CCC(=O)COc1ccc(C(C)C)cc1. The summed E-state index contributed by atoms with van der Waals surface area (Å²) in [6.45, 7) is 6.32. The lowest BCUT2D eigenvalue weighted by Crippen LogP contribution is -2.09. The summed E-state index contributed by atoms with van der Waals surface area (Å²) in [5.74, 6) is 1.42. The number of carbonyl (C=O) groups excluding carboxylic acids is 1. The van der Waals surface area contributed by atoms with E-state index in [0.717, 1.165) is 5.75 Å². The van der Waals surface area contributed by atoms with Crippen LogP contribution < -0.4 is 4.74 Å². The van der Waals surface area contributed by atoms with Gasteiger partial charge in [0.25, 0.3) is 0 Å². The number of ketones is 1. The Labute approximate surface area is 91.3 Å². The highest BCUT2D eigenvalue weighted by Crippen LogP contribution is 2.18. The topological polar surface area (TPSA) is 26.3 Å². The lowest BCUT2D eigenvalue weighted by Gasteiger charge is -2.07. The zero-order valence-corrected chi connectivity index (χ0v) is 9.62. The highest BCUT2D eigenvalue weighted by atomic mass is 16.5. The van der Waals surface area contributed by atoms with E-state index >= 15 is 0 Å². The van der Waals surface area contributed by atoms with Crippen LogP contribution in [-0.4, -0.2) is 12.4 Å². The molecular weight excluding hydrogens is 188 g/mol. The average Bonchev–Trinajstić information content (AvgIpc) is 2.26. The minimum absolute atomic E-state index is 0.128. The van der Waals surface area contributed by atoms with Gasteiger partial charge in [0.15, 0.2) is 5.78 Å². The molecule has 0 aliphatic heterocycles. The van der Waals surface area contributed by atoms with E-state index in [-0.39, 0.29) is 12.4 Å². The van der Waals surface area contributed by atoms with Gasteiger partial charge in [-0.2, -0.15) is 0 Å². The molecule has 2 nitrogen and oxygen atoms in total. The Morgan fingerprint density at radius 3 is 2.33 bits per heavy atom. The summed E-state index contributed by atoms with van der Waals surface area (Å²) in [6, 6.07) is 7.91. The molecule has 0 aliphatic rings. The van der Waals surface area contributed by atoms with Crippen LogP contribution in [0.15, 0.2) is 24.3 Å². The van der Waals surface area contributed by atoms with Crippen LogP contribution in [0.5, 0.6) is 5.75 Å². The van der Waals surface area contributed by atoms with Crippen LogP contribution >= 0.6 is 0 Å². The molecule has 82 valence electrons. The molecule has 0 bridgehead atoms. The van der Waals surface area contributed by atoms with E-state index in [1.165, 1.54) is 5.56 Å². The number of hydrogen-bond donors (Lipinski definition) is 0. The molecule has 0 aromatic heterocycles. The van der Waals surface area contributed by atoms with E-state index in [4.69, 9.17) is 4.74 Å².